The van der Waals surface area contributed by atoms with Crippen molar-refractivity contribution >= 4 is 15.7 Å². The summed E-state index contributed by atoms with van der Waals surface area (Å²) in [6.45, 7) is 8.18. The molecule has 0 fully saturated rings. The molecule has 114 valence electrons. The van der Waals surface area contributed by atoms with E-state index in [1.807, 2.05) is 13.8 Å². The number of hydrogen-bond donors (Lipinski definition) is 2. The van der Waals surface area contributed by atoms with Crippen LogP contribution in [0.25, 0.3) is 0 Å². The second-order valence-electron chi connectivity index (χ2n) is 5.62. The van der Waals surface area contributed by atoms with Crippen molar-refractivity contribution in [1.29, 1.82) is 0 Å². The van der Waals surface area contributed by atoms with Gasteiger partial charge in [-0.3, -0.25) is 0 Å². The van der Waals surface area contributed by atoms with Gasteiger partial charge in [0.1, 0.15) is 0 Å². The minimum atomic E-state index is -3.43. The lowest BCUT2D eigenvalue weighted by atomic mass is 10.1. The first-order chi connectivity index (χ1) is 9.16. The lowest BCUT2D eigenvalue weighted by molar-refractivity contribution is 0.0344. The summed E-state index contributed by atoms with van der Waals surface area (Å²) >= 11 is 0. The average molecular weight is 300 g/mol. The van der Waals surface area contributed by atoms with Gasteiger partial charge in [0.25, 0.3) is 0 Å². The third-order valence-electron chi connectivity index (χ3n) is 2.83. The molecule has 2 N–H and O–H groups in total. The Bertz CT molecular complexity index is 522. The quantitative estimate of drug-likeness (QED) is 0.810. The molecule has 0 amide bonds. The molecule has 1 aromatic carbocycles. The van der Waals surface area contributed by atoms with Crippen LogP contribution in [-0.4, -0.2) is 33.7 Å². The number of benzene rings is 1. The molecule has 0 aromatic heterocycles. The van der Waals surface area contributed by atoms with Crippen LogP contribution in [0.4, 0.5) is 5.69 Å². The summed E-state index contributed by atoms with van der Waals surface area (Å²) in [6.07, 6.45) is 0. The molecule has 0 aliphatic heterocycles. The molecule has 0 saturated carbocycles. The van der Waals surface area contributed by atoms with Gasteiger partial charge in [-0.25, -0.2) is 13.1 Å². The molecule has 1 aromatic rings. The number of rotatable bonds is 7. The molecule has 1 rings (SSSR count). The van der Waals surface area contributed by atoms with Crippen LogP contribution in [0, 0.1) is 0 Å². The van der Waals surface area contributed by atoms with Crippen molar-refractivity contribution in [2.75, 3.05) is 19.0 Å². The van der Waals surface area contributed by atoms with Crippen LogP contribution in [0.3, 0.4) is 0 Å². The molecule has 6 heteroatoms. The molecule has 0 heterocycles. The average Bonchev–Trinajstić information content (AvgIpc) is 2.35. The van der Waals surface area contributed by atoms with Gasteiger partial charge in [-0.2, -0.15) is 0 Å². The fourth-order valence-corrected chi connectivity index (χ4v) is 2.77. The molecule has 0 bridgehead atoms. The molecular formula is C14H24N2O3S. The van der Waals surface area contributed by atoms with E-state index in [0.717, 1.165) is 5.69 Å². The highest BCUT2D eigenvalue weighted by Crippen LogP contribution is 2.16. The highest BCUT2D eigenvalue weighted by atomic mass is 32.2. The highest BCUT2D eigenvalue weighted by molar-refractivity contribution is 7.89. The van der Waals surface area contributed by atoms with Crippen molar-refractivity contribution in [3.8, 4) is 0 Å². The largest absolute Gasteiger partial charge is 0.382 e. The number of ether oxygens (including phenoxy) is 1. The molecule has 0 atom stereocenters. The maximum absolute atomic E-state index is 12.0. The van der Waals surface area contributed by atoms with Crippen molar-refractivity contribution in [3.63, 3.8) is 0 Å². The summed E-state index contributed by atoms with van der Waals surface area (Å²) in [6, 6.07) is 6.56. The predicted octanol–water partition coefficient (Wildman–Crippen LogP) is 2.21. The van der Waals surface area contributed by atoms with E-state index in [4.69, 9.17) is 4.74 Å². The zero-order valence-corrected chi connectivity index (χ0v) is 13.5. The van der Waals surface area contributed by atoms with Gasteiger partial charge < -0.3 is 10.1 Å². The van der Waals surface area contributed by atoms with E-state index in [1.54, 1.807) is 45.2 Å². The number of nitrogens with one attached hydrogen (secondary N) is 2. The Balaban J connectivity index is 2.75. The molecule has 0 unspecified atom stereocenters. The van der Waals surface area contributed by atoms with Crippen molar-refractivity contribution < 1.29 is 13.2 Å². The number of anilines is 1. The van der Waals surface area contributed by atoms with Crippen LogP contribution in [-0.2, 0) is 14.8 Å². The van der Waals surface area contributed by atoms with Crippen molar-refractivity contribution in [2.45, 2.75) is 44.2 Å². The minimum Gasteiger partial charge on any atom is -0.382 e. The molecule has 20 heavy (non-hydrogen) atoms. The Hall–Kier alpha value is -1.11. The van der Waals surface area contributed by atoms with Crippen molar-refractivity contribution in [1.82, 2.24) is 4.72 Å². The summed E-state index contributed by atoms with van der Waals surface area (Å²) in [5, 5.41) is 3.22. The third kappa shape index (κ3) is 5.11. The van der Waals surface area contributed by atoms with Crippen LogP contribution < -0.4 is 10.0 Å². The second kappa shape index (κ2) is 6.56. The summed E-state index contributed by atoms with van der Waals surface area (Å²) in [5.74, 6) is 0. The van der Waals surface area contributed by atoms with E-state index in [2.05, 4.69) is 10.0 Å². The lowest BCUT2D eigenvalue weighted by Crippen LogP contribution is -2.32. The van der Waals surface area contributed by atoms with Crippen molar-refractivity contribution in [2.24, 2.45) is 0 Å². The molecule has 0 aliphatic carbocycles. The van der Waals surface area contributed by atoms with E-state index >= 15 is 0 Å². The first-order valence-corrected chi connectivity index (χ1v) is 8.06. The number of hydrogen-bond acceptors (Lipinski definition) is 4. The fourth-order valence-electron chi connectivity index (χ4n) is 1.52. The Morgan fingerprint density at radius 2 is 1.75 bits per heavy atom. The molecule has 0 saturated heterocycles. The van der Waals surface area contributed by atoms with Gasteiger partial charge in [-0.15, -0.1) is 0 Å². The van der Waals surface area contributed by atoms with E-state index < -0.39 is 10.0 Å². The fraction of sp³-hybridized carbons (Fsp3) is 0.571. The topological polar surface area (TPSA) is 67.4 Å². The molecular weight excluding hydrogens is 276 g/mol. The number of methoxy groups -OCH3 is 1. The first kappa shape index (κ1) is 16.9. The van der Waals surface area contributed by atoms with Gasteiger partial charge in [0.2, 0.25) is 10.0 Å². The number of sulfonamides is 1. The zero-order chi connectivity index (χ0) is 15.4. The SMILES string of the molecule is COC(C)(C)CNc1ccc(S(=O)(=O)NC(C)C)cc1. The van der Waals surface area contributed by atoms with Crippen molar-refractivity contribution in [3.05, 3.63) is 24.3 Å². The summed E-state index contributed by atoms with van der Waals surface area (Å²) < 4.78 is 31.8. The summed E-state index contributed by atoms with van der Waals surface area (Å²) in [7, 11) is -1.77. The first-order valence-electron chi connectivity index (χ1n) is 6.58. The summed E-state index contributed by atoms with van der Waals surface area (Å²) in [4.78, 5) is 0.266. The molecule has 5 nitrogen and oxygen atoms in total. The smallest absolute Gasteiger partial charge is 0.240 e. The van der Waals surface area contributed by atoms with Crippen LogP contribution in [0.2, 0.25) is 0 Å². The highest BCUT2D eigenvalue weighted by Gasteiger charge is 2.17. The van der Waals surface area contributed by atoms with E-state index in [-0.39, 0.29) is 16.5 Å². The maximum atomic E-state index is 12.0. The van der Waals surface area contributed by atoms with Gasteiger partial charge in [0.15, 0.2) is 0 Å². The van der Waals surface area contributed by atoms with Crippen LogP contribution in [0.15, 0.2) is 29.2 Å². The minimum absolute atomic E-state index is 0.125. The van der Waals surface area contributed by atoms with E-state index in [1.165, 1.54) is 0 Å². The molecule has 0 aliphatic rings. The van der Waals surface area contributed by atoms with Gasteiger partial charge in [0, 0.05) is 25.4 Å². The van der Waals surface area contributed by atoms with Gasteiger partial charge >= 0.3 is 0 Å². The summed E-state index contributed by atoms with van der Waals surface area (Å²) in [5.41, 5.74) is 0.586. The Morgan fingerprint density at radius 3 is 2.20 bits per heavy atom. The monoisotopic (exact) mass is 300 g/mol. The third-order valence-corrected chi connectivity index (χ3v) is 4.50. The van der Waals surface area contributed by atoms with E-state index in [0.29, 0.717) is 6.54 Å². The van der Waals surface area contributed by atoms with Gasteiger partial charge in [0.05, 0.1) is 10.5 Å². The Morgan fingerprint density at radius 1 is 1.20 bits per heavy atom. The van der Waals surface area contributed by atoms with Crippen LogP contribution in [0.5, 0.6) is 0 Å². The second-order valence-corrected chi connectivity index (χ2v) is 7.33. The Labute approximate surface area is 121 Å². The molecule has 0 spiro atoms. The van der Waals surface area contributed by atoms with Crippen LogP contribution >= 0.6 is 0 Å². The van der Waals surface area contributed by atoms with Gasteiger partial charge in [-0.1, -0.05) is 0 Å². The predicted molar refractivity (Wildman–Crippen MR) is 81.5 cm³/mol. The zero-order valence-electron chi connectivity index (χ0n) is 12.7. The lowest BCUT2D eigenvalue weighted by Gasteiger charge is -2.23. The normalized spacial score (nSPS) is 12.7. The maximum Gasteiger partial charge on any atom is 0.240 e. The standard InChI is InChI=1S/C14H24N2O3S/c1-11(2)16-20(17,18)13-8-6-12(7-9-13)15-10-14(3,4)19-5/h6-9,11,15-16H,10H2,1-5H3. The molecule has 0 radical (unpaired) electrons. The Kier molecular flexibility index (Phi) is 5.56. The van der Waals surface area contributed by atoms with Crippen LogP contribution in [0.1, 0.15) is 27.7 Å². The van der Waals surface area contributed by atoms with E-state index in [9.17, 15) is 8.42 Å². The van der Waals surface area contributed by atoms with Gasteiger partial charge in [-0.05, 0) is 52.0 Å².